The number of anilines is 3. The smallest absolute Gasteiger partial charge is 0.312 e. The van der Waals surface area contributed by atoms with Crippen molar-refractivity contribution < 1.29 is 9.59 Å². The summed E-state index contributed by atoms with van der Waals surface area (Å²) in [5.41, 5.74) is 4.66. The van der Waals surface area contributed by atoms with E-state index in [4.69, 9.17) is 0 Å². The highest BCUT2D eigenvalue weighted by atomic mass is 16.2. The maximum Gasteiger partial charge on any atom is 0.323 e. The number of fused-ring (bicyclic) bond motifs is 1. The molecule has 0 spiro atoms. The summed E-state index contributed by atoms with van der Waals surface area (Å²) in [7, 11) is 0. The molecule has 3 amide bonds. The molecular weight excluding hydrogens is 326 g/mol. The van der Waals surface area contributed by atoms with Crippen LogP contribution < -0.4 is 15.5 Å². The van der Waals surface area contributed by atoms with Crippen molar-refractivity contribution in [1.82, 2.24) is 0 Å². The van der Waals surface area contributed by atoms with Crippen molar-refractivity contribution in [3.8, 4) is 0 Å². The number of amides is 3. The molecule has 5 nitrogen and oxygen atoms in total. The number of hydrogen-bond donors (Lipinski definition) is 2. The minimum Gasteiger partial charge on any atom is -0.312 e. The normalized spacial score (nSPS) is 13.3. The molecule has 0 saturated heterocycles. The highest BCUT2D eigenvalue weighted by Crippen LogP contribution is 2.30. The number of benzene rings is 2. The van der Waals surface area contributed by atoms with E-state index in [2.05, 4.69) is 17.6 Å². The van der Waals surface area contributed by atoms with Crippen LogP contribution in [0.15, 0.2) is 42.5 Å². The SMILES string of the molecule is CCCCN1C(=O)CCc2cc(NC(=O)Nc3cccc(C)c3)ccc21. The number of carbonyl (C=O) groups is 2. The van der Waals surface area contributed by atoms with Gasteiger partial charge in [-0.3, -0.25) is 4.79 Å². The Hall–Kier alpha value is -2.82. The highest BCUT2D eigenvalue weighted by Gasteiger charge is 2.23. The Morgan fingerprint density at radius 3 is 2.58 bits per heavy atom. The van der Waals surface area contributed by atoms with Crippen molar-refractivity contribution in [2.75, 3.05) is 22.1 Å². The first-order valence-corrected chi connectivity index (χ1v) is 9.15. The number of nitrogens with zero attached hydrogens (tertiary/aromatic N) is 1. The van der Waals surface area contributed by atoms with Crippen molar-refractivity contribution in [2.45, 2.75) is 39.5 Å². The van der Waals surface area contributed by atoms with E-state index in [0.29, 0.717) is 12.8 Å². The summed E-state index contributed by atoms with van der Waals surface area (Å²) in [6.07, 6.45) is 3.28. The molecule has 0 saturated carbocycles. The van der Waals surface area contributed by atoms with Gasteiger partial charge >= 0.3 is 6.03 Å². The van der Waals surface area contributed by atoms with Crippen molar-refractivity contribution >= 4 is 29.0 Å². The number of hydrogen-bond acceptors (Lipinski definition) is 2. The van der Waals surface area contributed by atoms with E-state index < -0.39 is 0 Å². The lowest BCUT2D eigenvalue weighted by molar-refractivity contribution is -0.118. The largest absolute Gasteiger partial charge is 0.323 e. The molecule has 1 heterocycles. The number of nitrogens with one attached hydrogen (secondary N) is 2. The Morgan fingerprint density at radius 1 is 1.08 bits per heavy atom. The van der Waals surface area contributed by atoms with Crippen LogP contribution in [0.3, 0.4) is 0 Å². The van der Waals surface area contributed by atoms with Crippen LogP contribution in [0.5, 0.6) is 0 Å². The molecule has 2 aromatic carbocycles. The van der Waals surface area contributed by atoms with Gasteiger partial charge in [0.25, 0.3) is 0 Å². The van der Waals surface area contributed by atoms with Crippen molar-refractivity contribution in [1.29, 1.82) is 0 Å². The van der Waals surface area contributed by atoms with E-state index in [1.807, 2.05) is 54.3 Å². The number of aryl methyl sites for hydroxylation is 2. The minimum atomic E-state index is -0.273. The predicted molar refractivity (Wildman–Crippen MR) is 106 cm³/mol. The third-order valence-electron chi connectivity index (χ3n) is 4.55. The van der Waals surface area contributed by atoms with Crippen molar-refractivity contribution in [3.63, 3.8) is 0 Å². The van der Waals surface area contributed by atoms with Crippen LogP contribution in [0.2, 0.25) is 0 Å². The van der Waals surface area contributed by atoms with Crippen molar-refractivity contribution in [3.05, 3.63) is 53.6 Å². The first kappa shape index (κ1) is 18.0. The van der Waals surface area contributed by atoms with Gasteiger partial charge in [0.15, 0.2) is 0 Å². The Balaban J connectivity index is 1.70. The van der Waals surface area contributed by atoms with Crippen LogP contribution in [0.4, 0.5) is 21.9 Å². The quantitative estimate of drug-likeness (QED) is 0.819. The Labute approximate surface area is 154 Å². The summed E-state index contributed by atoms with van der Waals surface area (Å²) >= 11 is 0. The molecule has 5 heteroatoms. The molecule has 3 rings (SSSR count). The summed E-state index contributed by atoms with van der Waals surface area (Å²) in [5.74, 6) is 0.184. The third-order valence-corrected chi connectivity index (χ3v) is 4.55. The summed E-state index contributed by atoms with van der Waals surface area (Å²) < 4.78 is 0. The summed E-state index contributed by atoms with van der Waals surface area (Å²) in [6.45, 7) is 4.86. The average molecular weight is 351 g/mol. The average Bonchev–Trinajstić information content (AvgIpc) is 2.61. The minimum absolute atomic E-state index is 0.184. The molecule has 1 aliphatic heterocycles. The van der Waals surface area contributed by atoms with E-state index in [1.54, 1.807) is 0 Å². The molecule has 2 aromatic rings. The molecule has 2 N–H and O–H groups in total. The molecular formula is C21H25N3O2. The van der Waals surface area contributed by atoms with Crippen LogP contribution >= 0.6 is 0 Å². The lowest BCUT2D eigenvalue weighted by atomic mass is 10.00. The zero-order valence-electron chi connectivity index (χ0n) is 15.3. The molecule has 0 fully saturated rings. The number of unbranched alkanes of at least 4 members (excludes halogenated alkanes) is 1. The number of carbonyl (C=O) groups excluding carboxylic acids is 2. The van der Waals surface area contributed by atoms with Crippen LogP contribution in [-0.4, -0.2) is 18.5 Å². The van der Waals surface area contributed by atoms with Gasteiger partial charge in [-0.25, -0.2) is 4.79 Å². The van der Waals surface area contributed by atoms with Gasteiger partial charge in [-0.15, -0.1) is 0 Å². The molecule has 136 valence electrons. The Kier molecular flexibility index (Phi) is 5.56. The van der Waals surface area contributed by atoms with Gasteiger partial charge in [0.2, 0.25) is 5.91 Å². The standard InChI is InChI=1S/C21H25N3O2/c1-3-4-12-24-19-10-9-18(14-16(19)8-11-20(24)25)23-21(26)22-17-7-5-6-15(2)13-17/h5-7,9-10,13-14H,3-4,8,11-12H2,1-2H3,(H2,22,23,26). The van der Waals surface area contributed by atoms with Gasteiger partial charge in [-0.05, 0) is 61.2 Å². The fourth-order valence-electron chi connectivity index (χ4n) is 3.22. The molecule has 0 radical (unpaired) electrons. The van der Waals surface area contributed by atoms with Gasteiger partial charge in [0.05, 0.1) is 0 Å². The van der Waals surface area contributed by atoms with E-state index in [0.717, 1.165) is 47.6 Å². The molecule has 0 unspecified atom stereocenters. The maximum absolute atomic E-state index is 12.2. The zero-order valence-corrected chi connectivity index (χ0v) is 15.3. The lowest BCUT2D eigenvalue weighted by Gasteiger charge is -2.29. The first-order valence-electron chi connectivity index (χ1n) is 9.15. The summed E-state index contributed by atoms with van der Waals surface area (Å²) in [5, 5.41) is 5.72. The second-order valence-electron chi connectivity index (χ2n) is 6.69. The number of rotatable bonds is 5. The highest BCUT2D eigenvalue weighted by molar-refractivity contribution is 6.01. The van der Waals surface area contributed by atoms with Crippen LogP contribution in [0, 0.1) is 6.92 Å². The third kappa shape index (κ3) is 4.23. The molecule has 0 bridgehead atoms. The van der Waals surface area contributed by atoms with E-state index in [1.165, 1.54) is 0 Å². The monoisotopic (exact) mass is 351 g/mol. The summed E-state index contributed by atoms with van der Waals surface area (Å²) in [4.78, 5) is 26.3. The molecule has 1 aliphatic rings. The second kappa shape index (κ2) is 8.04. The second-order valence-corrected chi connectivity index (χ2v) is 6.69. The lowest BCUT2D eigenvalue weighted by Crippen LogP contribution is -2.35. The molecule has 26 heavy (non-hydrogen) atoms. The molecule has 0 atom stereocenters. The van der Waals surface area contributed by atoms with E-state index >= 15 is 0 Å². The Bertz CT molecular complexity index is 817. The predicted octanol–water partition coefficient (Wildman–Crippen LogP) is 4.72. The van der Waals surface area contributed by atoms with Gasteiger partial charge < -0.3 is 15.5 Å². The maximum atomic E-state index is 12.2. The van der Waals surface area contributed by atoms with Gasteiger partial charge in [-0.2, -0.15) is 0 Å². The van der Waals surface area contributed by atoms with Gasteiger partial charge in [0.1, 0.15) is 0 Å². The van der Waals surface area contributed by atoms with Crippen molar-refractivity contribution in [2.24, 2.45) is 0 Å². The van der Waals surface area contributed by atoms with Gasteiger partial charge in [-0.1, -0.05) is 25.5 Å². The fraction of sp³-hybridized carbons (Fsp3) is 0.333. The Morgan fingerprint density at radius 2 is 1.85 bits per heavy atom. The van der Waals surface area contributed by atoms with E-state index in [-0.39, 0.29) is 11.9 Å². The molecule has 0 aromatic heterocycles. The van der Waals surface area contributed by atoms with Crippen LogP contribution in [-0.2, 0) is 11.2 Å². The fourth-order valence-corrected chi connectivity index (χ4v) is 3.22. The van der Waals surface area contributed by atoms with Crippen LogP contribution in [0.1, 0.15) is 37.3 Å². The molecule has 0 aliphatic carbocycles. The number of urea groups is 1. The van der Waals surface area contributed by atoms with Crippen LogP contribution in [0.25, 0.3) is 0 Å². The zero-order chi connectivity index (χ0) is 18.5. The topological polar surface area (TPSA) is 61.4 Å². The van der Waals surface area contributed by atoms with E-state index in [9.17, 15) is 9.59 Å². The first-order chi connectivity index (χ1) is 12.6. The summed E-state index contributed by atoms with van der Waals surface area (Å²) in [6, 6.07) is 13.2. The van der Waals surface area contributed by atoms with Gasteiger partial charge in [0, 0.05) is 30.0 Å².